The average Bonchev–Trinajstić information content (AvgIpc) is 2.50. The fraction of sp³-hybridized carbons (Fsp3) is 0.750. The molecule has 1 aliphatic rings. The molecule has 6 nitrogen and oxygen atoms in total. The zero-order chi connectivity index (χ0) is 16.2. The molecule has 0 aliphatic carbocycles. The van der Waals surface area contributed by atoms with E-state index in [4.69, 9.17) is 9.47 Å². The second-order valence-corrected chi connectivity index (χ2v) is 5.87. The van der Waals surface area contributed by atoms with Crippen LogP contribution in [-0.4, -0.2) is 88.1 Å². The summed E-state index contributed by atoms with van der Waals surface area (Å²) in [4.78, 5) is 2.80. The third kappa shape index (κ3) is 8.63. The number of piperazine rings is 1. The Kier molecular flexibility index (Phi) is 10.3. The molecule has 0 unspecified atom stereocenters. The van der Waals surface area contributed by atoms with Crippen molar-refractivity contribution in [3.05, 3.63) is 25.3 Å². The Labute approximate surface area is 133 Å². The predicted molar refractivity (Wildman–Crippen MR) is 85.2 cm³/mol. The van der Waals surface area contributed by atoms with Gasteiger partial charge in [0.25, 0.3) is 0 Å². The number of aliphatic hydroxyl groups excluding tert-OH is 2. The molecule has 0 aromatic rings. The topological polar surface area (TPSA) is 67.8 Å². The summed E-state index contributed by atoms with van der Waals surface area (Å²) in [6, 6.07) is 0. The second kappa shape index (κ2) is 11.8. The minimum Gasteiger partial charge on any atom is -0.385 e. The molecule has 6 heteroatoms. The van der Waals surface area contributed by atoms with Crippen LogP contribution in [0.5, 0.6) is 0 Å². The van der Waals surface area contributed by atoms with E-state index in [0.29, 0.717) is 26.4 Å². The van der Waals surface area contributed by atoms with Gasteiger partial charge in [-0.25, -0.2) is 0 Å². The first-order chi connectivity index (χ1) is 10.7. The van der Waals surface area contributed by atoms with Crippen molar-refractivity contribution in [3.8, 4) is 0 Å². The van der Waals surface area contributed by atoms with E-state index in [-0.39, 0.29) is 0 Å². The van der Waals surface area contributed by atoms with Crippen molar-refractivity contribution in [2.24, 2.45) is 0 Å². The molecular weight excluding hydrogens is 284 g/mol. The fourth-order valence-corrected chi connectivity index (χ4v) is 2.72. The number of nitrogens with one attached hydrogen (secondary N) is 2. The molecule has 4 N–H and O–H groups in total. The van der Waals surface area contributed by atoms with Gasteiger partial charge in [-0.1, -0.05) is 12.2 Å². The number of quaternary nitrogens is 2. The molecule has 0 bridgehead atoms. The molecule has 1 saturated heterocycles. The van der Waals surface area contributed by atoms with Crippen LogP contribution in [0.1, 0.15) is 0 Å². The maximum atomic E-state index is 9.91. The van der Waals surface area contributed by atoms with E-state index in [2.05, 4.69) is 13.2 Å². The second-order valence-electron chi connectivity index (χ2n) is 5.87. The molecule has 0 amide bonds. The Morgan fingerprint density at radius 1 is 0.818 bits per heavy atom. The summed E-state index contributed by atoms with van der Waals surface area (Å²) in [6.45, 7) is 14.3. The van der Waals surface area contributed by atoms with Crippen molar-refractivity contribution < 1.29 is 29.5 Å². The highest BCUT2D eigenvalue weighted by Gasteiger charge is 2.26. The molecule has 0 radical (unpaired) electrons. The van der Waals surface area contributed by atoms with Crippen LogP contribution in [0.25, 0.3) is 0 Å². The summed E-state index contributed by atoms with van der Waals surface area (Å²) >= 11 is 0. The molecule has 0 spiro atoms. The van der Waals surface area contributed by atoms with Crippen LogP contribution in [-0.2, 0) is 9.47 Å². The van der Waals surface area contributed by atoms with Gasteiger partial charge in [0.05, 0.1) is 26.4 Å². The van der Waals surface area contributed by atoms with Gasteiger partial charge in [0.15, 0.2) is 0 Å². The maximum absolute atomic E-state index is 9.91. The van der Waals surface area contributed by atoms with E-state index in [9.17, 15) is 10.2 Å². The van der Waals surface area contributed by atoms with E-state index in [0.717, 1.165) is 39.3 Å². The zero-order valence-electron chi connectivity index (χ0n) is 13.5. The van der Waals surface area contributed by atoms with E-state index in [1.165, 1.54) is 9.80 Å². The van der Waals surface area contributed by atoms with E-state index in [1.807, 2.05) is 0 Å². The summed E-state index contributed by atoms with van der Waals surface area (Å²) in [6.07, 6.45) is 2.53. The average molecular weight is 316 g/mol. The van der Waals surface area contributed by atoms with Crippen molar-refractivity contribution in [1.82, 2.24) is 0 Å². The number of hydrogen-bond acceptors (Lipinski definition) is 4. The van der Waals surface area contributed by atoms with Crippen LogP contribution in [0.4, 0.5) is 0 Å². The first kappa shape index (κ1) is 19.3. The van der Waals surface area contributed by atoms with E-state index >= 15 is 0 Å². The fourth-order valence-electron chi connectivity index (χ4n) is 2.72. The quantitative estimate of drug-likeness (QED) is 0.227. The van der Waals surface area contributed by atoms with Gasteiger partial charge in [-0.15, -0.1) is 13.2 Å². The van der Waals surface area contributed by atoms with Crippen LogP contribution in [0.2, 0.25) is 0 Å². The van der Waals surface area contributed by atoms with Crippen molar-refractivity contribution in [2.75, 3.05) is 65.7 Å². The maximum Gasteiger partial charge on any atom is 0.127 e. The molecule has 1 heterocycles. The van der Waals surface area contributed by atoms with Crippen molar-refractivity contribution in [2.45, 2.75) is 12.2 Å². The summed E-state index contributed by atoms with van der Waals surface area (Å²) in [5.41, 5.74) is 0. The minimum absolute atomic E-state index is 0.367. The SMILES string of the molecule is C=CCOC[C@@H](O)C[NH+]1CC[NH+](C[C@@H](O)COCC=C)CC1. The molecule has 2 atom stereocenters. The van der Waals surface area contributed by atoms with Crippen LogP contribution < -0.4 is 9.80 Å². The third-order valence-electron chi connectivity index (χ3n) is 3.80. The van der Waals surface area contributed by atoms with Gasteiger partial charge in [0, 0.05) is 0 Å². The monoisotopic (exact) mass is 316 g/mol. The summed E-state index contributed by atoms with van der Waals surface area (Å²) in [5.74, 6) is 0. The van der Waals surface area contributed by atoms with Gasteiger partial charge >= 0.3 is 0 Å². The third-order valence-corrected chi connectivity index (χ3v) is 3.80. The Bertz CT molecular complexity index is 277. The van der Waals surface area contributed by atoms with Gasteiger partial charge < -0.3 is 29.5 Å². The normalized spacial score (nSPS) is 24.6. The van der Waals surface area contributed by atoms with Crippen molar-refractivity contribution in [1.29, 1.82) is 0 Å². The highest BCUT2D eigenvalue weighted by atomic mass is 16.5. The Morgan fingerprint density at radius 3 is 1.50 bits per heavy atom. The predicted octanol–water partition coefficient (Wildman–Crippen LogP) is -3.10. The number of hydrogen-bond donors (Lipinski definition) is 4. The smallest absolute Gasteiger partial charge is 0.127 e. The molecule has 0 aromatic heterocycles. The Balaban J connectivity index is 2.12. The van der Waals surface area contributed by atoms with Crippen LogP contribution in [0.3, 0.4) is 0 Å². The lowest BCUT2D eigenvalue weighted by Crippen LogP contribution is -3.28. The van der Waals surface area contributed by atoms with Gasteiger partial charge in [-0.2, -0.15) is 0 Å². The summed E-state index contributed by atoms with van der Waals surface area (Å²) in [7, 11) is 0. The Hall–Kier alpha value is -0.760. The minimum atomic E-state index is -0.422. The molecule has 0 aromatic carbocycles. The number of ether oxygens (including phenoxy) is 2. The van der Waals surface area contributed by atoms with Gasteiger partial charge in [-0.3, -0.25) is 0 Å². The summed E-state index contributed by atoms with van der Waals surface area (Å²) in [5, 5.41) is 19.8. The molecule has 1 aliphatic heterocycles. The van der Waals surface area contributed by atoms with Gasteiger partial charge in [0.1, 0.15) is 51.5 Å². The van der Waals surface area contributed by atoms with Crippen LogP contribution in [0, 0.1) is 0 Å². The zero-order valence-corrected chi connectivity index (χ0v) is 13.5. The van der Waals surface area contributed by atoms with E-state index < -0.39 is 12.2 Å². The van der Waals surface area contributed by atoms with E-state index in [1.54, 1.807) is 12.2 Å². The molecular formula is C16H32N2O4+2. The first-order valence-corrected chi connectivity index (χ1v) is 8.06. The summed E-state index contributed by atoms with van der Waals surface area (Å²) < 4.78 is 10.5. The molecule has 1 rings (SSSR count). The highest BCUT2D eigenvalue weighted by molar-refractivity contribution is 4.65. The molecule has 0 saturated carbocycles. The van der Waals surface area contributed by atoms with Crippen molar-refractivity contribution in [3.63, 3.8) is 0 Å². The van der Waals surface area contributed by atoms with Gasteiger partial charge in [0.2, 0.25) is 0 Å². The largest absolute Gasteiger partial charge is 0.385 e. The lowest BCUT2D eigenvalue weighted by atomic mass is 10.2. The van der Waals surface area contributed by atoms with Crippen LogP contribution in [0.15, 0.2) is 25.3 Å². The lowest BCUT2D eigenvalue weighted by Gasteiger charge is -2.31. The lowest BCUT2D eigenvalue weighted by molar-refractivity contribution is -1.01. The Morgan fingerprint density at radius 2 is 1.18 bits per heavy atom. The first-order valence-electron chi connectivity index (χ1n) is 8.06. The van der Waals surface area contributed by atoms with Gasteiger partial charge in [-0.05, 0) is 0 Å². The molecule has 1 fully saturated rings. The van der Waals surface area contributed by atoms with Crippen LogP contribution >= 0.6 is 0 Å². The number of rotatable bonds is 12. The molecule has 128 valence electrons. The van der Waals surface area contributed by atoms with Crippen molar-refractivity contribution >= 4 is 0 Å². The standard InChI is InChI=1S/C16H30N2O4/c1-3-9-21-13-15(19)11-17-5-7-18(8-6-17)12-16(20)14-22-10-4-2/h3-4,15-16,19-20H,1-2,5-14H2/p+2/t15-,16+. The highest BCUT2D eigenvalue weighted by Crippen LogP contribution is 1.84. The molecule has 22 heavy (non-hydrogen) atoms. The number of aliphatic hydroxyl groups is 2.